The first kappa shape index (κ1) is 19.4. The van der Waals surface area contributed by atoms with Gasteiger partial charge in [-0.1, -0.05) is 0 Å². The lowest BCUT2D eigenvalue weighted by atomic mass is 9.76. The molecule has 0 radical (unpaired) electrons. The number of aliphatic hydroxyl groups is 2. The Morgan fingerprint density at radius 1 is 1.36 bits per heavy atom. The summed E-state index contributed by atoms with van der Waals surface area (Å²) in [5.74, 6) is -0.0372. The molecule has 1 spiro atoms. The van der Waals surface area contributed by atoms with Gasteiger partial charge >= 0.3 is 0 Å². The fourth-order valence-electron chi connectivity index (χ4n) is 4.13. The Morgan fingerprint density at radius 2 is 2.07 bits per heavy atom. The average molecular weight is 407 g/mol. The van der Waals surface area contributed by atoms with E-state index in [9.17, 15) is 15.0 Å². The van der Waals surface area contributed by atoms with Gasteiger partial charge in [-0.25, -0.2) is 0 Å². The van der Waals surface area contributed by atoms with Crippen LogP contribution >= 0.6 is 11.3 Å². The quantitative estimate of drug-likeness (QED) is 0.758. The van der Waals surface area contributed by atoms with Crippen molar-refractivity contribution >= 4 is 17.2 Å². The molecule has 0 aromatic carbocycles. The minimum Gasteiger partial charge on any atom is -0.388 e. The van der Waals surface area contributed by atoms with Gasteiger partial charge in [0.15, 0.2) is 0 Å². The Balaban J connectivity index is 1.53. The molecule has 2 aliphatic heterocycles. The molecule has 2 N–H and O–H groups in total. The summed E-state index contributed by atoms with van der Waals surface area (Å²) in [6.07, 6.45) is 2.24. The van der Waals surface area contributed by atoms with E-state index in [4.69, 9.17) is 4.74 Å². The molecule has 1 amide bonds. The molecule has 2 fully saturated rings. The van der Waals surface area contributed by atoms with E-state index in [1.165, 1.54) is 22.3 Å². The van der Waals surface area contributed by atoms with Gasteiger partial charge in [0.25, 0.3) is 5.91 Å². The Bertz CT molecular complexity index is 871. The fraction of sp³-hybridized carbons (Fsp3) is 0.667. The minimum absolute atomic E-state index is 0.0372. The van der Waals surface area contributed by atoms with Crippen molar-refractivity contribution < 1.29 is 19.7 Å². The number of tetrazole rings is 1. The number of carbonyl (C=O) groups is 1. The number of aromatic nitrogens is 4. The third kappa shape index (κ3) is 3.24. The average Bonchev–Trinajstić information content (AvgIpc) is 3.27. The number of ether oxygens (including phenoxy) is 1. The van der Waals surface area contributed by atoms with E-state index < -0.39 is 17.3 Å². The monoisotopic (exact) mass is 407 g/mol. The zero-order valence-corrected chi connectivity index (χ0v) is 17.1. The summed E-state index contributed by atoms with van der Waals surface area (Å²) in [7, 11) is 0. The standard InChI is InChI=1S/C18H25N5O4S/c1-11-12(2)28-16(23-10-19-20-21-23)14(11)15(25)22-6-4-18(5-7-22)9-17(3,26)13(24)8-27-18/h10,13,24,26H,4-9H2,1-3H3/t13-,17-/m0/s1. The molecule has 4 rings (SSSR count). The van der Waals surface area contributed by atoms with E-state index in [1.807, 2.05) is 18.7 Å². The first-order valence-electron chi connectivity index (χ1n) is 9.39. The van der Waals surface area contributed by atoms with Crippen LogP contribution in [0.3, 0.4) is 0 Å². The summed E-state index contributed by atoms with van der Waals surface area (Å²) in [5.41, 5.74) is -0.0743. The zero-order valence-electron chi connectivity index (χ0n) is 16.3. The predicted octanol–water partition coefficient (Wildman–Crippen LogP) is 0.848. The van der Waals surface area contributed by atoms with Crippen molar-refractivity contribution in [3.05, 3.63) is 22.3 Å². The molecule has 152 valence electrons. The van der Waals surface area contributed by atoms with E-state index in [2.05, 4.69) is 15.5 Å². The van der Waals surface area contributed by atoms with Gasteiger partial charge in [0.2, 0.25) is 0 Å². The predicted molar refractivity (Wildman–Crippen MR) is 102 cm³/mol. The van der Waals surface area contributed by atoms with Gasteiger partial charge in [0.1, 0.15) is 17.4 Å². The highest BCUT2D eigenvalue weighted by Crippen LogP contribution is 2.40. The number of carbonyl (C=O) groups excluding carboxylic acids is 1. The molecule has 2 aromatic rings. The fourth-order valence-corrected chi connectivity index (χ4v) is 5.19. The Hall–Kier alpha value is -1.88. The second kappa shape index (κ2) is 6.87. The Kier molecular flexibility index (Phi) is 4.77. The first-order valence-corrected chi connectivity index (χ1v) is 10.2. The minimum atomic E-state index is -1.17. The molecule has 9 nitrogen and oxygen atoms in total. The smallest absolute Gasteiger partial charge is 0.257 e. The maximum absolute atomic E-state index is 13.3. The normalized spacial score (nSPS) is 27.3. The number of nitrogens with zero attached hydrogens (tertiary/aromatic N) is 5. The van der Waals surface area contributed by atoms with Gasteiger partial charge in [0, 0.05) is 24.4 Å². The third-order valence-electron chi connectivity index (χ3n) is 6.04. The maximum atomic E-state index is 13.3. The lowest BCUT2D eigenvalue weighted by Gasteiger charge is -2.49. The second-order valence-corrected chi connectivity index (χ2v) is 9.26. The number of hydrogen-bond acceptors (Lipinski definition) is 8. The molecule has 2 saturated heterocycles. The third-order valence-corrected chi connectivity index (χ3v) is 7.24. The van der Waals surface area contributed by atoms with Crippen molar-refractivity contribution in [3.8, 4) is 5.00 Å². The summed E-state index contributed by atoms with van der Waals surface area (Å²) in [4.78, 5) is 16.2. The van der Waals surface area contributed by atoms with Crippen LogP contribution in [0.5, 0.6) is 0 Å². The molecule has 2 atom stereocenters. The number of hydrogen-bond donors (Lipinski definition) is 2. The number of piperidine rings is 1. The van der Waals surface area contributed by atoms with Crippen molar-refractivity contribution in [3.63, 3.8) is 0 Å². The molecule has 2 aliphatic rings. The van der Waals surface area contributed by atoms with E-state index >= 15 is 0 Å². The molecule has 0 bridgehead atoms. The zero-order chi connectivity index (χ0) is 20.1. The SMILES string of the molecule is Cc1sc(-n2cnnn2)c(C(=O)N2CCC3(CC2)C[C@](C)(O)[C@@H](O)CO3)c1C. The van der Waals surface area contributed by atoms with Crippen LogP contribution in [0.1, 0.15) is 47.0 Å². The second-order valence-electron chi connectivity index (χ2n) is 8.05. The highest BCUT2D eigenvalue weighted by atomic mass is 32.1. The van der Waals surface area contributed by atoms with Crippen LogP contribution in [-0.4, -0.2) is 78.2 Å². The molecule has 28 heavy (non-hydrogen) atoms. The molecule has 2 aromatic heterocycles. The molecular formula is C18H25N5O4S. The number of aryl methyl sites for hydroxylation is 1. The van der Waals surface area contributed by atoms with Crippen LogP contribution in [0.25, 0.3) is 5.00 Å². The summed E-state index contributed by atoms with van der Waals surface area (Å²) in [6, 6.07) is 0. The highest BCUT2D eigenvalue weighted by Gasteiger charge is 2.49. The topological polar surface area (TPSA) is 114 Å². The van der Waals surface area contributed by atoms with Crippen molar-refractivity contribution in [2.45, 2.75) is 57.3 Å². The van der Waals surface area contributed by atoms with Gasteiger partial charge in [-0.3, -0.25) is 4.79 Å². The molecule has 0 saturated carbocycles. The molecular weight excluding hydrogens is 382 g/mol. The van der Waals surface area contributed by atoms with Crippen LogP contribution in [-0.2, 0) is 4.74 Å². The number of rotatable bonds is 2. The van der Waals surface area contributed by atoms with Crippen LogP contribution in [0.2, 0.25) is 0 Å². The van der Waals surface area contributed by atoms with E-state index in [1.54, 1.807) is 6.92 Å². The van der Waals surface area contributed by atoms with Crippen molar-refractivity contribution in [1.82, 2.24) is 25.1 Å². The molecule has 4 heterocycles. The van der Waals surface area contributed by atoms with Gasteiger partial charge < -0.3 is 19.8 Å². The van der Waals surface area contributed by atoms with Crippen molar-refractivity contribution in [1.29, 1.82) is 0 Å². The van der Waals surface area contributed by atoms with Crippen LogP contribution in [0.4, 0.5) is 0 Å². The van der Waals surface area contributed by atoms with Gasteiger partial charge in [0.05, 0.1) is 23.4 Å². The summed E-state index contributed by atoms with van der Waals surface area (Å²) in [6.45, 7) is 6.77. The molecule has 0 unspecified atom stereocenters. The van der Waals surface area contributed by atoms with Crippen LogP contribution in [0, 0.1) is 13.8 Å². The maximum Gasteiger partial charge on any atom is 0.257 e. The molecule has 0 aliphatic carbocycles. The highest BCUT2D eigenvalue weighted by molar-refractivity contribution is 7.15. The summed E-state index contributed by atoms with van der Waals surface area (Å²) >= 11 is 1.50. The van der Waals surface area contributed by atoms with E-state index in [0.29, 0.717) is 37.9 Å². The Morgan fingerprint density at radius 3 is 2.68 bits per heavy atom. The largest absolute Gasteiger partial charge is 0.388 e. The van der Waals surface area contributed by atoms with Gasteiger partial charge in [-0.05, 0) is 49.6 Å². The first-order chi connectivity index (χ1) is 13.2. The van der Waals surface area contributed by atoms with Gasteiger partial charge in [-0.15, -0.1) is 16.4 Å². The van der Waals surface area contributed by atoms with E-state index in [-0.39, 0.29) is 12.5 Å². The summed E-state index contributed by atoms with van der Waals surface area (Å²) in [5, 5.41) is 32.4. The number of thiophene rings is 1. The lowest BCUT2D eigenvalue weighted by molar-refractivity contribution is -0.221. The summed E-state index contributed by atoms with van der Waals surface area (Å²) < 4.78 is 7.46. The van der Waals surface area contributed by atoms with Crippen LogP contribution in [0.15, 0.2) is 6.33 Å². The number of likely N-dealkylation sites (tertiary alicyclic amines) is 1. The van der Waals surface area contributed by atoms with Crippen LogP contribution < -0.4 is 0 Å². The van der Waals surface area contributed by atoms with Gasteiger partial charge in [-0.2, -0.15) is 4.68 Å². The Labute approximate surface area is 166 Å². The van der Waals surface area contributed by atoms with Crippen molar-refractivity contribution in [2.24, 2.45) is 0 Å². The number of aliphatic hydroxyl groups excluding tert-OH is 1. The van der Waals surface area contributed by atoms with E-state index in [0.717, 1.165) is 15.4 Å². The van der Waals surface area contributed by atoms with Crippen molar-refractivity contribution in [2.75, 3.05) is 19.7 Å². The molecule has 10 heteroatoms. The lowest BCUT2D eigenvalue weighted by Crippen LogP contribution is -2.59. The number of amides is 1.